The predicted molar refractivity (Wildman–Crippen MR) is 80.4 cm³/mol. The summed E-state index contributed by atoms with van der Waals surface area (Å²) in [4.78, 5) is 22.4. The molecule has 1 aromatic rings. The molecular formula is C16H24N2O2. The van der Waals surface area contributed by atoms with E-state index in [1.54, 1.807) is 0 Å². The van der Waals surface area contributed by atoms with Crippen LogP contribution in [0.25, 0.3) is 0 Å². The summed E-state index contributed by atoms with van der Waals surface area (Å²) >= 11 is 0. The second kappa shape index (κ2) is 9.13. The maximum atomic E-state index is 11.8. The molecule has 0 saturated carbocycles. The van der Waals surface area contributed by atoms with Crippen molar-refractivity contribution in [2.75, 3.05) is 13.1 Å². The zero-order chi connectivity index (χ0) is 14.8. The average Bonchev–Trinajstić information content (AvgIpc) is 2.43. The number of rotatable bonds is 8. The molecule has 2 amide bonds. The highest BCUT2D eigenvalue weighted by molar-refractivity contribution is 5.76. The van der Waals surface area contributed by atoms with Gasteiger partial charge in [0.25, 0.3) is 0 Å². The molecule has 4 heteroatoms. The van der Waals surface area contributed by atoms with E-state index in [0.717, 1.165) is 12.8 Å². The predicted octanol–water partition coefficient (Wildman–Crippen LogP) is 2.21. The topological polar surface area (TPSA) is 58.2 Å². The number of nitrogens with one attached hydrogen (secondary N) is 2. The van der Waals surface area contributed by atoms with Crippen LogP contribution in [0.3, 0.4) is 0 Å². The van der Waals surface area contributed by atoms with Gasteiger partial charge in [-0.15, -0.1) is 0 Å². The molecule has 4 nitrogen and oxygen atoms in total. The lowest BCUT2D eigenvalue weighted by Gasteiger charge is -2.12. The first kappa shape index (κ1) is 16.2. The molecule has 0 fully saturated rings. The van der Waals surface area contributed by atoms with Gasteiger partial charge in [0.05, 0.1) is 0 Å². The number of amides is 2. The highest BCUT2D eigenvalue weighted by atomic mass is 16.2. The molecule has 1 rings (SSSR count). The van der Waals surface area contributed by atoms with Crippen LogP contribution in [0.1, 0.15) is 44.6 Å². The van der Waals surface area contributed by atoms with Crippen molar-refractivity contribution >= 4 is 11.8 Å². The minimum absolute atomic E-state index is 0.00859. The van der Waals surface area contributed by atoms with Crippen molar-refractivity contribution in [3.63, 3.8) is 0 Å². The maximum Gasteiger partial charge on any atom is 0.220 e. The van der Waals surface area contributed by atoms with Crippen LogP contribution in [0.2, 0.25) is 0 Å². The second-order valence-corrected chi connectivity index (χ2v) is 5.06. The Bertz CT molecular complexity index is 418. The van der Waals surface area contributed by atoms with Gasteiger partial charge in [-0.2, -0.15) is 0 Å². The lowest BCUT2D eigenvalue weighted by Crippen LogP contribution is -2.27. The number of unbranched alkanes of at least 4 members (excludes halogenated alkanes) is 1. The summed E-state index contributed by atoms with van der Waals surface area (Å²) in [7, 11) is 0. The number of hydrogen-bond acceptors (Lipinski definition) is 2. The van der Waals surface area contributed by atoms with Crippen LogP contribution in [-0.4, -0.2) is 24.9 Å². The van der Waals surface area contributed by atoms with Gasteiger partial charge >= 0.3 is 0 Å². The normalized spacial score (nSPS) is 11.7. The Hall–Kier alpha value is -1.84. The van der Waals surface area contributed by atoms with E-state index in [4.69, 9.17) is 0 Å². The van der Waals surface area contributed by atoms with E-state index in [2.05, 4.69) is 17.6 Å². The lowest BCUT2D eigenvalue weighted by molar-refractivity contribution is -0.121. The largest absolute Gasteiger partial charge is 0.356 e. The summed E-state index contributed by atoms with van der Waals surface area (Å²) in [5.41, 5.74) is 1.19. The first-order valence-electron chi connectivity index (χ1n) is 7.15. The summed E-state index contributed by atoms with van der Waals surface area (Å²) in [6.45, 7) is 4.91. The molecule has 2 N–H and O–H groups in total. The Morgan fingerprint density at radius 3 is 2.25 bits per heavy atom. The molecule has 0 aromatic heterocycles. The van der Waals surface area contributed by atoms with Crippen LogP contribution in [0.5, 0.6) is 0 Å². The van der Waals surface area contributed by atoms with Crippen molar-refractivity contribution in [1.82, 2.24) is 10.6 Å². The molecule has 0 saturated heterocycles. The van der Waals surface area contributed by atoms with Crippen molar-refractivity contribution in [3.05, 3.63) is 35.9 Å². The Kier molecular flexibility index (Phi) is 7.40. The molecule has 0 heterocycles. The molecule has 0 spiro atoms. The standard InChI is InChI=1S/C16H24N2O2/c1-13(15-8-4-3-5-9-15)12-16(20)18-11-7-6-10-17-14(2)19/h3-5,8-9,13H,6-7,10-12H2,1-2H3,(H,17,19)(H,18,20). The van der Waals surface area contributed by atoms with Gasteiger partial charge in [0.2, 0.25) is 11.8 Å². The van der Waals surface area contributed by atoms with Gasteiger partial charge < -0.3 is 10.6 Å². The summed E-state index contributed by atoms with van der Waals surface area (Å²) in [6, 6.07) is 10.1. The Morgan fingerprint density at radius 1 is 1.05 bits per heavy atom. The van der Waals surface area contributed by atoms with Crippen molar-refractivity contribution in [3.8, 4) is 0 Å². The molecule has 110 valence electrons. The third kappa shape index (κ3) is 6.92. The average molecular weight is 276 g/mol. The Morgan fingerprint density at radius 2 is 1.65 bits per heavy atom. The first-order chi connectivity index (χ1) is 9.59. The summed E-state index contributed by atoms with van der Waals surface area (Å²) in [5.74, 6) is 0.308. The molecular weight excluding hydrogens is 252 g/mol. The van der Waals surface area contributed by atoms with Gasteiger partial charge in [0.1, 0.15) is 0 Å². The molecule has 1 unspecified atom stereocenters. The fraction of sp³-hybridized carbons (Fsp3) is 0.500. The van der Waals surface area contributed by atoms with Crippen LogP contribution in [0, 0.1) is 0 Å². The van der Waals surface area contributed by atoms with Crippen LogP contribution >= 0.6 is 0 Å². The van der Waals surface area contributed by atoms with Gasteiger partial charge in [-0.25, -0.2) is 0 Å². The zero-order valence-electron chi connectivity index (χ0n) is 12.3. The van der Waals surface area contributed by atoms with Crippen LogP contribution in [-0.2, 0) is 9.59 Å². The summed E-state index contributed by atoms with van der Waals surface area (Å²) in [6.07, 6.45) is 2.27. The molecule has 0 bridgehead atoms. The van der Waals surface area contributed by atoms with Crippen molar-refractivity contribution in [1.29, 1.82) is 0 Å². The van der Waals surface area contributed by atoms with Gasteiger partial charge in [0.15, 0.2) is 0 Å². The SMILES string of the molecule is CC(=O)NCCCCNC(=O)CC(C)c1ccccc1. The molecule has 0 radical (unpaired) electrons. The van der Waals surface area contributed by atoms with Crippen molar-refractivity contribution < 1.29 is 9.59 Å². The molecule has 20 heavy (non-hydrogen) atoms. The van der Waals surface area contributed by atoms with Crippen molar-refractivity contribution in [2.24, 2.45) is 0 Å². The Balaban J connectivity index is 2.13. The van der Waals surface area contributed by atoms with Crippen molar-refractivity contribution in [2.45, 2.75) is 39.0 Å². The van der Waals surface area contributed by atoms with Gasteiger partial charge in [-0.3, -0.25) is 9.59 Å². The molecule has 1 atom stereocenters. The highest BCUT2D eigenvalue weighted by Crippen LogP contribution is 2.17. The molecule has 0 aliphatic carbocycles. The van der Waals surface area contributed by atoms with E-state index in [0.29, 0.717) is 19.5 Å². The smallest absolute Gasteiger partial charge is 0.220 e. The quantitative estimate of drug-likeness (QED) is 0.715. The van der Waals surface area contributed by atoms with Gasteiger partial charge in [-0.1, -0.05) is 37.3 Å². The van der Waals surface area contributed by atoms with Gasteiger partial charge in [0, 0.05) is 26.4 Å². The summed E-state index contributed by atoms with van der Waals surface area (Å²) < 4.78 is 0. The first-order valence-corrected chi connectivity index (χ1v) is 7.15. The van der Waals surface area contributed by atoms with Crippen LogP contribution in [0.4, 0.5) is 0 Å². The minimum Gasteiger partial charge on any atom is -0.356 e. The van der Waals surface area contributed by atoms with E-state index in [-0.39, 0.29) is 17.7 Å². The van der Waals surface area contributed by atoms with Crippen LogP contribution < -0.4 is 10.6 Å². The Labute approximate surface area is 121 Å². The molecule has 0 aliphatic heterocycles. The molecule has 0 aliphatic rings. The van der Waals surface area contributed by atoms with Gasteiger partial charge in [-0.05, 0) is 24.3 Å². The van der Waals surface area contributed by atoms with Crippen LogP contribution in [0.15, 0.2) is 30.3 Å². The fourth-order valence-corrected chi connectivity index (χ4v) is 1.99. The summed E-state index contributed by atoms with van der Waals surface area (Å²) in [5, 5.41) is 5.66. The monoisotopic (exact) mass is 276 g/mol. The minimum atomic E-state index is -0.00859. The van der Waals surface area contributed by atoms with E-state index in [1.807, 2.05) is 30.3 Å². The maximum absolute atomic E-state index is 11.8. The fourth-order valence-electron chi connectivity index (χ4n) is 1.99. The zero-order valence-corrected chi connectivity index (χ0v) is 12.3. The number of benzene rings is 1. The van der Waals surface area contributed by atoms with E-state index in [1.165, 1.54) is 12.5 Å². The highest BCUT2D eigenvalue weighted by Gasteiger charge is 2.10. The van der Waals surface area contributed by atoms with E-state index in [9.17, 15) is 9.59 Å². The number of carbonyl (C=O) groups excluding carboxylic acids is 2. The van der Waals surface area contributed by atoms with E-state index < -0.39 is 0 Å². The number of hydrogen-bond donors (Lipinski definition) is 2. The number of carbonyl (C=O) groups is 2. The lowest BCUT2D eigenvalue weighted by atomic mass is 9.97. The molecule has 1 aromatic carbocycles. The second-order valence-electron chi connectivity index (χ2n) is 5.06. The third-order valence-corrected chi connectivity index (χ3v) is 3.16. The van der Waals surface area contributed by atoms with E-state index >= 15 is 0 Å². The third-order valence-electron chi connectivity index (χ3n) is 3.16.